The van der Waals surface area contributed by atoms with E-state index in [1.54, 1.807) is 12.1 Å². The first kappa shape index (κ1) is 16.0. The highest BCUT2D eigenvalue weighted by Crippen LogP contribution is 2.16. The Morgan fingerprint density at radius 1 is 1.37 bits per heavy atom. The van der Waals surface area contributed by atoms with E-state index in [4.69, 9.17) is 11.6 Å². The SMILES string of the molecule is CCC(CC)C(O)CNC(=O)c1cc(Cl)ccc1C. The summed E-state index contributed by atoms with van der Waals surface area (Å²) < 4.78 is 0. The second-order valence-corrected chi connectivity index (χ2v) is 5.25. The van der Waals surface area contributed by atoms with Crippen molar-refractivity contribution in [1.29, 1.82) is 0 Å². The van der Waals surface area contributed by atoms with Crippen molar-refractivity contribution in [2.75, 3.05) is 6.54 Å². The van der Waals surface area contributed by atoms with Gasteiger partial charge in [0.05, 0.1) is 6.10 Å². The van der Waals surface area contributed by atoms with Crippen molar-refractivity contribution in [3.63, 3.8) is 0 Å². The van der Waals surface area contributed by atoms with Gasteiger partial charge in [-0.2, -0.15) is 0 Å². The zero-order chi connectivity index (χ0) is 14.4. The van der Waals surface area contributed by atoms with Gasteiger partial charge in [0, 0.05) is 17.1 Å². The third kappa shape index (κ3) is 4.51. The van der Waals surface area contributed by atoms with Gasteiger partial charge >= 0.3 is 0 Å². The van der Waals surface area contributed by atoms with Gasteiger partial charge < -0.3 is 10.4 Å². The van der Waals surface area contributed by atoms with Gasteiger partial charge in [0.15, 0.2) is 0 Å². The van der Waals surface area contributed by atoms with Crippen LogP contribution in [0.25, 0.3) is 0 Å². The Balaban J connectivity index is 2.63. The van der Waals surface area contributed by atoms with Crippen molar-refractivity contribution in [3.05, 3.63) is 34.3 Å². The number of aryl methyl sites for hydroxylation is 1. The van der Waals surface area contributed by atoms with Gasteiger partial charge in [-0.25, -0.2) is 0 Å². The second kappa shape index (κ2) is 7.51. The summed E-state index contributed by atoms with van der Waals surface area (Å²) in [4.78, 5) is 12.0. The van der Waals surface area contributed by atoms with Crippen molar-refractivity contribution in [3.8, 4) is 0 Å². The van der Waals surface area contributed by atoms with Gasteiger partial charge in [-0.1, -0.05) is 44.4 Å². The highest BCUT2D eigenvalue weighted by molar-refractivity contribution is 6.31. The van der Waals surface area contributed by atoms with Crippen LogP contribution >= 0.6 is 11.6 Å². The van der Waals surface area contributed by atoms with Crippen LogP contribution in [0.5, 0.6) is 0 Å². The Morgan fingerprint density at radius 2 is 2.00 bits per heavy atom. The molecule has 106 valence electrons. The van der Waals surface area contributed by atoms with Crippen molar-refractivity contribution in [2.24, 2.45) is 5.92 Å². The molecule has 1 atom stereocenters. The van der Waals surface area contributed by atoms with E-state index in [-0.39, 0.29) is 18.4 Å². The molecule has 3 nitrogen and oxygen atoms in total. The van der Waals surface area contributed by atoms with E-state index in [0.717, 1.165) is 18.4 Å². The molecule has 0 saturated carbocycles. The van der Waals surface area contributed by atoms with Gasteiger partial charge in [-0.05, 0) is 30.5 Å². The van der Waals surface area contributed by atoms with Crippen LogP contribution in [0.3, 0.4) is 0 Å². The Morgan fingerprint density at radius 3 is 2.58 bits per heavy atom. The van der Waals surface area contributed by atoms with E-state index >= 15 is 0 Å². The Labute approximate surface area is 120 Å². The molecular weight excluding hydrogens is 262 g/mol. The Hall–Kier alpha value is -1.06. The third-order valence-corrected chi connectivity index (χ3v) is 3.74. The summed E-state index contributed by atoms with van der Waals surface area (Å²) in [7, 11) is 0. The number of halogens is 1. The summed E-state index contributed by atoms with van der Waals surface area (Å²) in [5, 5.41) is 13.3. The number of hydrogen-bond donors (Lipinski definition) is 2. The molecule has 0 aliphatic heterocycles. The molecule has 1 aromatic carbocycles. The third-order valence-electron chi connectivity index (χ3n) is 3.51. The molecule has 0 fully saturated rings. The minimum atomic E-state index is -0.501. The molecule has 19 heavy (non-hydrogen) atoms. The maximum Gasteiger partial charge on any atom is 0.251 e. The number of benzene rings is 1. The predicted molar refractivity (Wildman–Crippen MR) is 78.6 cm³/mol. The fourth-order valence-corrected chi connectivity index (χ4v) is 2.30. The van der Waals surface area contributed by atoms with Crippen LogP contribution in [0.1, 0.15) is 42.6 Å². The summed E-state index contributed by atoms with van der Waals surface area (Å²) in [5.74, 6) is 0.0331. The average Bonchev–Trinajstić information content (AvgIpc) is 2.40. The maximum absolute atomic E-state index is 12.0. The number of carbonyl (C=O) groups is 1. The molecule has 4 heteroatoms. The number of aliphatic hydroxyl groups excluding tert-OH is 1. The molecule has 0 radical (unpaired) electrons. The topological polar surface area (TPSA) is 49.3 Å². The first-order chi connectivity index (χ1) is 8.99. The van der Waals surface area contributed by atoms with Gasteiger partial charge in [0.2, 0.25) is 0 Å². The molecule has 1 unspecified atom stereocenters. The fourth-order valence-electron chi connectivity index (χ4n) is 2.13. The molecule has 0 bridgehead atoms. The molecule has 0 heterocycles. The molecule has 1 amide bonds. The Bertz CT molecular complexity index is 430. The molecule has 2 N–H and O–H groups in total. The molecule has 1 rings (SSSR count). The highest BCUT2D eigenvalue weighted by atomic mass is 35.5. The van der Waals surface area contributed by atoms with Crippen LogP contribution in [0.2, 0.25) is 5.02 Å². The summed E-state index contributed by atoms with van der Waals surface area (Å²) in [6.07, 6.45) is 1.31. The van der Waals surface area contributed by atoms with E-state index in [1.165, 1.54) is 0 Å². The molecule has 0 aliphatic carbocycles. The minimum Gasteiger partial charge on any atom is -0.391 e. The zero-order valence-electron chi connectivity index (χ0n) is 11.7. The second-order valence-electron chi connectivity index (χ2n) is 4.81. The van der Waals surface area contributed by atoms with Crippen LogP contribution in [-0.4, -0.2) is 23.7 Å². The monoisotopic (exact) mass is 283 g/mol. The number of nitrogens with one attached hydrogen (secondary N) is 1. The number of carbonyl (C=O) groups excluding carboxylic acids is 1. The smallest absolute Gasteiger partial charge is 0.251 e. The van der Waals surface area contributed by atoms with E-state index in [9.17, 15) is 9.90 Å². The largest absolute Gasteiger partial charge is 0.391 e. The summed E-state index contributed by atoms with van der Waals surface area (Å²) in [6.45, 7) is 6.22. The standard InChI is InChI=1S/C15H22ClNO2/c1-4-11(5-2)14(18)9-17-15(19)13-8-12(16)7-6-10(13)3/h6-8,11,14,18H,4-5,9H2,1-3H3,(H,17,19). The predicted octanol–water partition coefficient (Wildman–Crippen LogP) is 3.18. The van der Waals surface area contributed by atoms with Gasteiger partial charge in [-0.3, -0.25) is 4.79 Å². The number of rotatable bonds is 6. The van der Waals surface area contributed by atoms with E-state index in [1.807, 2.05) is 26.8 Å². The lowest BCUT2D eigenvalue weighted by Crippen LogP contribution is -2.36. The molecule has 0 saturated heterocycles. The molecular formula is C15H22ClNO2. The fraction of sp³-hybridized carbons (Fsp3) is 0.533. The number of aliphatic hydroxyl groups is 1. The normalized spacial score (nSPS) is 12.5. The summed E-state index contributed by atoms with van der Waals surface area (Å²) in [6, 6.07) is 5.22. The van der Waals surface area contributed by atoms with E-state index in [2.05, 4.69) is 5.32 Å². The van der Waals surface area contributed by atoms with E-state index < -0.39 is 6.10 Å². The number of hydrogen-bond acceptors (Lipinski definition) is 2. The Kier molecular flexibility index (Phi) is 6.32. The first-order valence-corrected chi connectivity index (χ1v) is 7.09. The van der Waals surface area contributed by atoms with Crippen LogP contribution in [-0.2, 0) is 0 Å². The number of amides is 1. The van der Waals surface area contributed by atoms with Gasteiger partial charge in [0.1, 0.15) is 0 Å². The van der Waals surface area contributed by atoms with E-state index in [0.29, 0.717) is 10.6 Å². The quantitative estimate of drug-likeness (QED) is 0.842. The first-order valence-electron chi connectivity index (χ1n) is 6.72. The van der Waals surface area contributed by atoms with Crippen LogP contribution in [0, 0.1) is 12.8 Å². The van der Waals surface area contributed by atoms with Crippen molar-refractivity contribution in [1.82, 2.24) is 5.32 Å². The molecule has 0 spiro atoms. The van der Waals surface area contributed by atoms with Crippen molar-refractivity contribution < 1.29 is 9.90 Å². The lowest BCUT2D eigenvalue weighted by molar-refractivity contribution is 0.0816. The van der Waals surface area contributed by atoms with Gasteiger partial charge in [-0.15, -0.1) is 0 Å². The average molecular weight is 284 g/mol. The lowest BCUT2D eigenvalue weighted by atomic mass is 9.96. The summed E-state index contributed by atoms with van der Waals surface area (Å²) in [5.41, 5.74) is 1.43. The highest BCUT2D eigenvalue weighted by Gasteiger charge is 2.17. The van der Waals surface area contributed by atoms with Gasteiger partial charge in [0.25, 0.3) is 5.91 Å². The maximum atomic E-state index is 12.0. The minimum absolute atomic E-state index is 0.190. The van der Waals surface area contributed by atoms with Crippen LogP contribution in [0.4, 0.5) is 0 Å². The van der Waals surface area contributed by atoms with Crippen molar-refractivity contribution in [2.45, 2.75) is 39.7 Å². The molecule has 0 aromatic heterocycles. The van der Waals surface area contributed by atoms with Crippen molar-refractivity contribution >= 4 is 17.5 Å². The van der Waals surface area contributed by atoms with Crippen LogP contribution < -0.4 is 5.32 Å². The molecule has 0 aliphatic rings. The zero-order valence-corrected chi connectivity index (χ0v) is 12.5. The van der Waals surface area contributed by atoms with Crippen LogP contribution in [0.15, 0.2) is 18.2 Å². The summed E-state index contributed by atoms with van der Waals surface area (Å²) >= 11 is 5.89. The lowest BCUT2D eigenvalue weighted by Gasteiger charge is -2.20. The molecule has 1 aromatic rings.